The molecule has 1 heterocycles. The van der Waals surface area contributed by atoms with Gasteiger partial charge in [0.05, 0.1) is 6.54 Å². The third kappa shape index (κ3) is 3.30. The highest BCUT2D eigenvalue weighted by molar-refractivity contribution is 5.96. The number of aryl methyl sites for hydroxylation is 1. The van der Waals surface area contributed by atoms with Crippen molar-refractivity contribution in [1.29, 1.82) is 0 Å². The van der Waals surface area contributed by atoms with Crippen LogP contribution in [0.25, 0.3) is 0 Å². The highest BCUT2D eigenvalue weighted by atomic mass is 19.1. The number of benzene rings is 1. The Morgan fingerprint density at radius 1 is 1.32 bits per heavy atom. The molecule has 2 amide bonds. The lowest BCUT2D eigenvalue weighted by atomic mass is 10.1. The minimum atomic E-state index is -0.425. The summed E-state index contributed by atoms with van der Waals surface area (Å²) in [5, 5.41) is 2.53. The lowest BCUT2D eigenvalue weighted by molar-refractivity contribution is -0.129. The number of hydrogen-bond acceptors (Lipinski definition) is 2. The van der Waals surface area contributed by atoms with Crippen molar-refractivity contribution in [2.45, 2.75) is 19.8 Å². The number of hydrogen-bond donors (Lipinski definition) is 1. The molecule has 0 atom stereocenters. The van der Waals surface area contributed by atoms with Crippen molar-refractivity contribution >= 4 is 11.8 Å². The second-order valence-electron chi connectivity index (χ2n) is 4.73. The number of amides is 2. The molecular weight excluding hydrogens is 247 g/mol. The third-order valence-electron chi connectivity index (χ3n) is 3.29. The largest absolute Gasteiger partial charge is 0.343 e. The molecule has 19 heavy (non-hydrogen) atoms. The first-order valence-corrected chi connectivity index (χ1v) is 6.40. The van der Waals surface area contributed by atoms with Crippen LogP contribution in [0.3, 0.4) is 0 Å². The molecule has 1 aliphatic heterocycles. The molecule has 5 heteroatoms. The molecule has 0 saturated carbocycles. The van der Waals surface area contributed by atoms with E-state index in [9.17, 15) is 14.0 Å². The number of nitrogens with one attached hydrogen (secondary N) is 1. The zero-order chi connectivity index (χ0) is 13.8. The fourth-order valence-electron chi connectivity index (χ4n) is 2.07. The van der Waals surface area contributed by atoms with Crippen molar-refractivity contribution in [1.82, 2.24) is 10.2 Å². The maximum absolute atomic E-state index is 13.3. The molecule has 2 rings (SSSR count). The highest BCUT2D eigenvalue weighted by Gasteiger charge is 2.18. The summed E-state index contributed by atoms with van der Waals surface area (Å²) in [7, 11) is 0. The average Bonchev–Trinajstić information content (AvgIpc) is 2.92. The van der Waals surface area contributed by atoms with Crippen LogP contribution in [-0.2, 0) is 4.79 Å². The first kappa shape index (κ1) is 13.5. The van der Waals surface area contributed by atoms with Crippen LogP contribution in [-0.4, -0.2) is 36.3 Å². The molecule has 1 N–H and O–H groups in total. The average molecular weight is 264 g/mol. The summed E-state index contributed by atoms with van der Waals surface area (Å²) in [5.41, 5.74) is 0.724. The van der Waals surface area contributed by atoms with Crippen molar-refractivity contribution in [2.24, 2.45) is 0 Å². The van der Waals surface area contributed by atoms with Crippen molar-refractivity contribution in [3.05, 3.63) is 35.1 Å². The Balaban J connectivity index is 1.90. The predicted octanol–water partition coefficient (Wildman–Crippen LogP) is 1.49. The van der Waals surface area contributed by atoms with Crippen LogP contribution in [0, 0.1) is 12.7 Å². The molecule has 0 radical (unpaired) electrons. The summed E-state index contributed by atoms with van der Waals surface area (Å²) in [4.78, 5) is 25.3. The zero-order valence-electron chi connectivity index (χ0n) is 10.9. The maximum atomic E-state index is 13.3. The SMILES string of the molecule is Cc1ccc(C(=O)NCC(=O)N2CCCC2)cc1F. The van der Waals surface area contributed by atoms with Gasteiger partial charge in [0.25, 0.3) is 5.91 Å². The number of likely N-dealkylation sites (tertiary alicyclic amines) is 1. The molecule has 0 unspecified atom stereocenters. The lowest BCUT2D eigenvalue weighted by Gasteiger charge is -2.15. The molecule has 0 bridgehead atoms. The number of carbonyl (C=O) groups excluding carboxylic acids is 2. The lowest BCUT2D eigenvalue weighted by Crippen LogP contribution is -2.38. The number of rotatable bonds is 3. The normalized spacial score (nSPS) is 14.5. The minimum absolute atomic E-state index is 0.0334. The van der Waals surface area contributed by atoms with E-state index in [1.54, 1.807) is 24.0 Å². The molecule has 1 aromatic carbocycles. The molecule has 4 nitrogen and oxygen atoms in total. The smallest absolute Gasteiger partial charge is 0.251 e. The zero-order valence-corrected chi connectivity index (χ0v) is 10.9. The van der Waals surface area contributed by atoms with Gasteiger partial charge in [-0.3, -0.25) is 9.59 Å². The van der Waals surface area contributed by atoms with Gasteiger partial charge in [-0.2, -0.15) is 0 Å². The summed E-state index contributed by atoms with van der Waals surface area (Å²) in [6, 6.07) is 4.28. The first-order valence-electron chi connectivity index (χ1n) is 6.40. The van der Waals surface area contributed by atoms with E-state index in [4.69, 9.17) is 0 Å². The molecule has 1 aliphatic rings. The standard InChI is InChI=1S/C14H17FN2O2/c1-10-4-5-11(8-12(10)15)14(19)16-9-13(18)17-6-2-3-7-17/h4-5,8H,2-3,6-7,9H2,1H3,(H,16,19). The molecule has 0 aliphatic carbocycles. The number of carbonyl (C=O) groups is 2. The summed E-state index contributed by atoms with van der Waals surface area (Å²) in [5.74, 6) is -0.927. The second kappa shape index (κ2) is 5.82. The van der Waals surface area contributed by atoms with E-state index in [1.165, 1.54) is 6.07 Å². The van der Waals surface area contributed by atoms with Gasteiger partial charge in [0.15, 0.2) is 0 Å². The Labute approximate surface area is 111 Å². The summed E-state index contributed by atoms with van der Waals surface area (Å²) in [6.07, 6.45) is 2.03. The van der Waals surface area contributed by atoms with Crippen LogP contribution in [0.1, 0.15) is 28.8 Å². The molecule has 1 fully saturated rings. The molecule has 102 valence electrons. The maximum Gasteiger partial charge on any atom is 0.251 e. The third-order valence-corrected chi connectivity index (χ3v) is 3.29. The van der Waals surface area contributed by atoms with Crippen molar-refractivity contribution in [3.8, 4) is 0 Å². The molecule has 1 saturated heterocycles. The number of halogens is 1. The van der Waals surface area contributed by atoms with E-state index >= 15 is 0 Å². The molecular formula is C14H17FN2O2. The topological polar surface area (TPSA) is 49.4 Å². The van der Waals surface area contributed by atoms with Crippen LogP contribution in [0.15, 0.2) is 18.2 Å². The van der Waals surface area contributed by atoms with E-state index in [-0.39, 0.29) is 18.0 Å². The summed E-state index contributed by atoms with van der Waals surface area (Å²) >= 11 is 0. The Bertz CT molecular complexity index is 496. The Kier molecular flexibility index (Phi) is 4.14. The summed E-state index contributed by atoms with van der Waals surface area (Å²) in [6.45, 7) is 3.12. The number of nitrogens with zero attached hydrogens (tertiary/aromatic N) is 1. The molecule has 0 spiro atoms. The fraction of sp³-hybridized carbons (Fsp3) is 0.429. The van der Waals surface area contributed by atoms with Crippen LogP contribution < -0.4 is 5.32 Å². The molecule has 0 aromatic heterocycles. The van der Waals surface area contributed by atoms with Gasteiger partial charge >= 0.3 is 0 Å². The Morgan fingerprint density at radius 2 is 2.00 bits per heavy atom. The predicted molar refractivity (Wildman–Crippen MR) is 69.3 cm³/mol. The van der Waals surface area contributed by atoms with Gasteiger partial charge in [0.2, 0.25) is 5.91 Å². The van der Waals surface area contributed by atoms with Gasteiger partial charge in [-0.1, -0.05) is 6.07 Å². The van der Waals surface area contributed by atoms with Crippen LogP contribution >= 0.6 is 0 Å². The van der Waals surface area contributed by atoms with Crippen molar-refractivity contribution < 1.29 is 14.0 Å². The Hall–Kier alpha value is -1.91. The highest BCUT2D eigenvalue weighted by Crippen LogP contribution is 2.09. The van der Waals surface area contributed by atoms with E-state index < -0.39 is 11.7 Å². The van der Waals surface area contributed by atoms with Gasteiger partial charge in [0.1, 0.15) is 5.82 Å². The molecule has 1 aromatic rings. The van der Waals surface area contributed by atoms with Crippen molar-refractivity contribution in [2.75, 3.05) is 19.6 Å². The first-order chi connectivity index (χ1) is 9.08. The van der Waals surface area contributed by atoms with Gasteiger partial charge in [-0.15, -0.1) is 0 Å². The van der Waals surface area contributed by atoms with E-state index in [1.807, 2.05) is 0 Å². The van der Waals surface area contributed by atoms with Crippen LogP contribution in [0.2, 0.25) is 0 Å². The summed E-state index contributed by atoms with van der Waals surface area (Å²) < 4.78 is 13.3. The van der Waals surface area contributed by atoms with Gasteiger partial charge in [-0.05, 0) is 37.5 Å². The minimum Gasteiger partial charge on any atom is -0.343 e. The van der Waals surface area contributed by atoms with Crippen molar-refractivity contribution in [3.63, 3.8) is 0 Å². The fourth-order valence-corrected chi connectivity index (χ4v) is 2.07. The van der Waals surface area contributed by atoms with Crippen LogP contribution in [0.4, 0.5) is 4.39 Å². The van der Waals surface area contributed by atoms with Gasteiger partial charge < -0.3 is 10.2 Å². The Morgan fingerprint density at radius 3 is 2.63 bits per heavy atom. The van der Waals surface area contributed by atoms with Gasteiger partial charge in [-0.25, -0.2) is 4.39 Å². The van der Waals surface area contributed by atoms with Gasteiger partial charge in [0, 0.05) is 18.7 Å². The second-order valence-corrected chi connectivity index (χ2v) is 4.73. The monoisotopic (exact) mass is 264 g/mol. The van der Waals surface area contributed by atoms with Crippen LogP contribution in [0.5, 0.6) is 0 Å². The quantitative estimate of drug-likeness (QED) is 0.899. The van der Waals surface area contributed by atoms with E-state index in [0.29, 0.717) is 5.56 Å². The van der Waals surface area contributed by atoms with E-state index in [0.717, 1.165) is 25.9 Å². The van der Waals surface area contributed by atoms with E-state index in [2.05, 4.69) is 5.32 Å².